The summed E-state index contributed by atoms with van der Waals surface area (Å²) in [6, 6.07) is 12.2. The summed E-state index contributed by atoms with van der Waals surface area (Å²) < 4.78 is 6.48. The molecule has 1 amide bonds. The number of hydrogen-bond acceptors (Lipinski definition) is 5. The first-order chi connectivity index (χ1) is 14.0. The van der Waals surface area contributed by atoms with E-state index in [1.165, 1.54) is 15.8 Å². The third kappa shape index (κ3) is 4.37. The molecule has 3 aromatic rings. The number of anilines is 1. The van der Waals surface area contributed by atoms with Crippen LogP contribution in [0.3, 0.4) is 0 Å². The Bertz CT molecular complexity index is 1030. The van der Waals surface area contributed by atoms with E-state index in [0.717, 1.165) is 47.9 Å². The molecule has 0 aliphatic carbocycles. The minimum atomic E-state index is -0.01000. The van der Waals surface area contributed by atoms with Crippen LogP contribution >= 0.6 is 11.3 Å². The van der Waals surface area contributed by atoms with Gasteiger partial charge in [0.1, 0.15) is 5.75 Å². The van der Waals surface area contributed by atoms with Gasteiger partial charge < -0.3 is 15.0 Å². The second-order valence-electron chi connectivity index (χ2n) is 7.78. The lowest BCUT2D eigenvalue weighted by atomic mass is 9.97. The molecule has 1 unspecified atom stereocenters. The summed E-state index contributed by atoms with van der Waals surface area (Å²) in [4.78, 5) is 19.9. The minimum Gasteiger partial charge on any atom is -0.497 e. The first-order valence-electron chi connectivity index (χ1n) is 10.1. The van der Waals surface area contributed by atoms with Gasteiger partial charge in [-0.15, -0.1) is 0 Å². The van der Waals surface area contributed by atoms with Crippen molar-refractivity contribution in [2.24, 2.45) is 5.92 Å². The molecule has 1 aliphatic rings. The summed E-state index contributed by atoms with van der Waals surface area (Å²) in [7, 11) is 1.65. The predicted octanol–water partition coefficient (Wildman–Crippen LogP) is 4.45. The zero-order valence-electron chi connectivity index (χ0n) is 17.2. The van der Waals surface area contributed by atoms with Crippen molar-refractivity contribution in [3.05, 3.63) is 53.1 Å². The summed E-state index contributed by atoms with van der Waals surface area (Å²) in [6.07, 6.45) is 1.93. The van der Waals surface area contributed by atoms with Crippen molar-refractivity contribution in [2.45, 2.75) is 33.2 Å². The molecule has 29 heavy (non-hydrogen) atoms. The second-order valence-corrected chi connectivity index (χ2v) is 8.79. The van der Waals surface area contributed by atoms with Crippen LogP contribution in [0.5, 0.6) is 5.75 Å². The fourth-order valence-electron chi connectivity index (χ4n) is 3.97. The maximum absolute atomic E-state index is 12.8. The average Bonchev–Trinajstić information content (AvgIpc) is 3.17. The van der Waals surface area contributed by atoms with E-state index < -0.39 is 0 Å². The lowest BCUT2D eigenvalue weighted by Gasteiger charge is -2.31. The van der Waals surface area contributed by atoms with Crippen molar-refractivity contribution in [3.63, 3.8) is 0 Å². The molecule has 1 saturated heterocycles. The molecule has 1 N–H and O–H groups in total. The summed E-state index contributed by atoms with van der Waals surface area (Å²) in [5, 5.41) is 4.12. The summed E-state index contributed by atoms with van der Waals surface area (Å²) in [6.45, 7) is 6.44. The van der Waals surface area contributed by atoms with Crippen LogP contribution in [0, 0.1) is 19.8 Å². The Kier molecular flexibility index (Phi) is 5.72. The maximum Gasteiger partial charge on any atom is 0.225 e. The standard InChI is InChI=1S/C23H27N3O2S/c1-15-10-16(2)21-20(11-15)29-23(25-21)26-9-5-7-18(14-26)22(27)24-13-17-6-4-8-19(12-17)28-3/h4,6,8,10-12,18H,5,7,9,13-14H2,1-3H3,(H,24,27). The Labute approximate surface area is 175 Å². The molecule has 1 aromatic heterocycles. The molecule has 0 radical (unpaired) electrons. The average molecular weight is 410 g/mol. The smallest absolute Gasteiger partial charge is 0.225 e. The Hall–Kier alpha value is -2.60. The number of nitrogens with zero attached hydrogens (tertiary/aromatic N) is 2. The number of thiazole rings is 1. The molecule has 2 aromatic carbocycles. The lowest BCUT2D eigenvalue weighted by Crippen LogP contribution is -2.42. The number of nitrogens with one attached hydrogen (secondary N) is 1. The van der Waals surface area contributed by atoms with Crippen molar-refractivity contribution in [1.82, 2.24) is 10.3 Å². The van der Waals surface area contributed by atoms with E-state index in [1.807, 2.05) is 24.3 Å². The van der Waals surface area contributed by atoms with Gasteiger partial charge in [0, 0.05) is 19.6 Å². The van der Waals surface area contributed by atoms with Crippen molar-refractivity contribution in [1.29, 1.82) is 0 Å². The molecule has 1 fully saturated rings. The van der Waals surface area contributed by atoms with Crippen molar-refractivity contribution in [2.75, 3.05) is 25.1 Å². The molecule has 4 rings (SSSR count). The largest absolute Gasteiger partial charge is 0.497 e. The second kappa shape index (κ2) is 8.41. The number of piperidine rings is 1. The quantitative estimate of drug-likeness (QED) is 0.676. The van der Waals surface area contributed by atoms with Gasteiger partial charge in [0.2, 0.25) is 5.91 Å². The van der Waals surface area contributed by atoms with Crippen LogP contribution in [0.15, 0.2) is 36.4 Å². The van der Waals surface area contributed by atoms with E-state index in [-0.39, 0.29) is 11.8 Å². The summed E-state index contributed by atoms with van der Waals surface area (Å²) in [5.74, 6) is 0.914. The zero-order valence-corrected chi connectivity index (χ0v) is 18.0. The van der Waals surface area contributed by atoms with E-state index in [9.17, 15) is 4.79 Å². The molecule has 152 valence electrons. The highest BCUT2D eigenvalue weighted by Crippen LogP contribution is 2.33. The van der Waals surface area contributed by atoms with Crippen molar-refractivity contribution >= 4 is 32.6 Å². The van der Waals surface area contributed by atoms with Gasteiger partial charge in [-0.2, -0.15) is 0 Å². The lowest BCUT2D eigenvalue weighted by molar-refractivity contribution is -0.125. The van der Waals surface area contributed by atoms with Gasteiger partial charge in [-0.05, 0) is 61.6 Å². The number of carbonyl (C=O) groups is 1. The molecule has 2 heterocycles. The number of methoxy groups -OCH3 is 1. The molecule has 1 aliphatic heterocycles. The first kappa shape index (κ1) is 19.7. The van der Waals surface area contributed by atoms with Gasteiger partial charge in [0.15, 0.2) is 5.13 Å². The number of hydrogen-bond donors (Lipinski definition) is 1. The van der Waals surface area contributed by atoms with Crippen molar-refractivity contribution in [3.8, 4) is 5.75 Å². The van der Waals surface area contributed by atoms with Crippen LogP contribution in [-0.4, -0.2) is 31.1 Å². The highest BCUT2D eigenvalue weighted by molar-refractivity contribution is 7.22. The Balaban J connectivity index is 1.42. The SMILES string of the molecule is COc1cccc(CNC(=O)C2CCCN(c3nc4c(C)cc(C)cc4s3)C2)c1. The highest BCUT2D eigenvalue weighted by atomic mass is 32.1. The number of fused-ring (bicyclic) bond motifs is 1. The molecule has 0 bridgehead atoms. The molecule has 6 heteroatoms. The molecule has 1 atom stereocenters. The number of amides is 1. The van der Waals surface area contributed by atoms with Gasteiger partial charge in [0.05, 0.1) is 23.2 Å². The third-order valence-electron chi connectivity index (χ3n) is 5.48. The molecular weight excluding hydrogens is 382 g/mol. The molecule has 0 spiro atoms. The van der Waals surface area contributed by atoms with Gasteiger partial charge in [0.25, 0.3) is 0 Å². The number of aryl methyl sites for hydroxylation is 2. The highest BCUT2D eigenvalue weighted by Gasteiger charge is 2.27. The zero-order chi connectivity index (χ0) is 20.4. The molecule has 0 saturated carbocycles. The monoisotopic (exact) mass is 409 g/mol. The van der Waals surface area contributed by atoms with E-state index in [0.29, 0.717) is 6.54 Å². The maximum atomic E-state index is 12.8. The van der Waals surface area contributed by atoms with E-state index >= 15 is 0 Å². The van der Waals surface area contributed by atoms with Gasteiger partial charge in [-0.3, -0.25) is 4.79 Å². The van der Waals surface area contributed by atoms with Crippen LogP contribution < -0.4 is 15.0 Å². The molecule has 5 nitrogen and oxygen atoms in total. The van der Waals surface area contributed by atoms with Crippen molar-refractivity contribution < 1.29 is 9.53 Å². The number of benzene rings is 2. The summed E-state index contributed by atoms with van der Waals surface area (Å²) >= 11 is 1.73. The number of rotatable bonds is 5. The number of carbonyl (C=O) groups excluding carboxylic acids is 1. The van der Waals surface area contributed by atoms with E-state index in [1.54, 1.807) is 18.4 Å². The third-order valence-corrected chi connectivity index (χ3v) is 6.55. The Morgan fingerprint density at radius 3 is 3.00 bits per heavy atom. The van der Waals surface area contributed by atoms with Crippen LogP contribution in [0.2, 0.25) is 0 Å². The van der Waals surface area contributed by atoms with Gasteiger partial charge in [-0.25, -0.2) is 4.98 Å². The predicted molar refractivity (Wildman–Crippen MR) is 119 cm³/mol. The fourth-order valence-corrected chi connectivity index (χ4v) is 5.15. The van der Waals surface area contributed by atoms with Crippen LogP contribution in [0.4, 0.5) is 5.13 Å². The first-order valence-corrected chi connectivity index (χ1v) is 10.9. The summed E-state index contributed by atoms with van der Waals surface area (Å²) in [5.41, 5.74) is 4.60. The Morgan fingerprint density at radius 2 is 2.17 bits per heavy atom. The van der Waals surface area contributed by atoms with Gasteiger partial charge >= 0.3 is 0 Å². The van der Waals surface area contributed by atoms with Crippen LogP contribution in [-0.2, 0) is 11.3 Å². The normalized spacial score (nSPS) is 16.8. The van der Waals surface area contributed by atoms with Crippen LogP contribution in [0.25, 0.3) is 10.2 Å². The van der Waals surface area contributed by atoms with E-state index in [4.69, 9.17) is 9.72 Å². The topological polar surface area (TPSA) is 54.5 Å². The minimum absolute atomic E-state index is 0.01000. The van der Waals surface area contributed by atoms with Gasteiger partial charge in [-0.1, -0.05) is 29.5 Å². The molecular formula is C23H27N3O2S. The fraction of sp³-hybridized carbons (Fsp3) is 0.391. The number of ether oxygens (including phenoxy) is 1. The Morgan fingerprint density at radius 1 is 1.31 bits per heavy atom. The van der Waals surface area contributed by atoms with E-state index in [2.05, 4.69) is 36.2 Å². The van der Waals surface area contributed by atoms with Crippen LogP contribution in [0.1, 0.15) is 29.5 Å². The number of aromatic nitrogens is 1.